The minimum absolute atomic E-state index is 0.770. The molecule has 0 N–H and O–H groups in total. The highest BCUT2D eigenvalue weighted by Crippen LogP contribution is 2.30. The largest absolute Gasteiger partial charge is 0.494 e. The van der Waals surface area contributed by atoms with E-state index in [2.05, 4.69) is 48.3 Å². The molecule has 0 bridgehead atoms. The molecule has 3 rings (SSSR count). The van der Waals surface area contributed by atoms with E-state index in [9.17, 15) is 0 Å². The number of unbranched alkanes of at least 4 members (excludes halogenated alkanes) is 1. The predicted octanol–water partition coefficient (Wildman–Crippen LogP) is 5.61. The summed E-state index contributed by atoms with van der Waals surface area (Å²) in [5.41, 5.74) is 3.53. The molecule has 0 unspecified atom stereocenters. The highest BCUT2D eigenvalue weighted by Gasteiger charge is 2.09. The molecule has 24 heavy (non-hydrogen) atoms. The first-order valence-corrected chi connectivity index (χ1v) is 9.28. The molecule has 0 saturated carbocycles. The van der Waals surface area contributed by atoms with E-state index in [1.807, 2.05) is 24.3 Å². The first-order valence-electron chi connectivity index (χ1n) is 8.46. The zero-order valence-electron chi connectivity index (χ0n) is 14.2. The standard InChI is InChI=1S/C20H22N2OS/c1-3-5-14-23-18-12-10-17(11-13-18)20-22-21-19(24-20)16-8-6-15(4-2)7-9-16/h6-13H,3-5,14H2,1-2H3. The molecule has 2 aromatic carbocycles. The third kappa shape index (κ3) is 4.01. The first-order chi connectivity index (χ1) is 11.8. The van der Waals surface area contributed by atoms with Crippen molar-refractivity contribution in [1.29, 1.82) is 0 Å². The fraction of sp³-hybridized carbons (Fsp3) is 0.300. The average molecular weight is 338 g/mol. The van der Waals surface area contributed by atoms with Crippen LogP contribution in [0.3, 0.4) is 0 Å². The van der Waals surface area contributed by atoms with Gasteiger partial charge in [-0.15, -0.1) is 10.2 Å². The van der Waals surface area contributed by atoms with Gasteiger partial charge < -0.3 is 4.74 Å². The number of nitrogens with zero attached hydrogens (tertiary/aromatic N) is 2. The molecule has 0 fully saturated rings. The number of rotatable bonds is 7. The molecule has 1 heterocycles. The lowest BCUT2D eigenvalue weighted by atomic mass is 10.1. The summed E-state index contributed by atoms with van der Waals surface area (Å²) in [5.74, 6) is 0.909. The summed E-state index contributed by atoms with van der Waals surface area (Å²) in [7, 11) is 0. The molecule has 0 saturated heterocycles. The van der Waals surface area contributed by atoms with Gasteiger partial charge in [0.05, 0.1) is 6.61 Å². The predicted molar refractivity (Wildman–Crippen MR) is 101 cm³/mol. The Kier molecular flexibility index (Phi) is 5.59. The van der Waals surface area contributed by atoms with E-state index >= 15 is 0 Å². The zero-order chi connectivity index (χ0) is 16.8. The van der Waals surface area contributed by atoms with Crippen LogP contribution in [0.2, 0.25) is 0 Å². The van der Waals surface area contributed by atoms with Gasteiger partial charge in [-0.25, -0.2) is 0 Å². The van der Waals surface area contributed by atoms with Crippen molar-refractivity contribution in [2.45, 2.75) is 33.1 Å². The third-order valence-corrected chi connectivity index (χ3v) is 4.92. The summed E-state index contributed by atoms with van der Waals surface area (Å²) >= 11 is 1.62. The van der Waals surface area contributed by atoms with E-state index in [4.69, 9.17) is 4.74 Å². The Morgan fingerprint density at radius 3 is 1.96 bits per heavy atom. The van der Waals surface area contributed by atoms with Crippen LogP contribution in [0.4, 0.5) is 0 Å². The van der Waals surface area contributed by atoms with Crippen molar-refractivity contribution >= 4 is 11.3 Å². The van der Waals surface area contributed by atoms with Crippen LogP contribution in [0.1, 0.15) is 32.3 Å². The molecule has 0 spiro atoms. The molecule has 0 aliphatic rings. The van der Waals surface area contributed by atoms with Crippen LogP contribution in [0.5, 0.6) is 5.75 Å². The zero-order valence-corrected chi connectivity index (χ0v) is 15.0. The number of hydrogen-bond acceptors (Lipinski definition) is 4. The second-order valence-electron chi connectivity index (χ2n) is 5.69. The van der Waals surface area contributed by atoms with Crippen LogP contribution < -0.4 is 4.74 Å². The Balaban J connectivity index is 1.72. The lowest BCUT2D eigenvalue weighted by Gasteiger charge is -2.05. The molecular formula is C20H22N2OS. The summed E-state index contributed by atoms with van der Waals surface area (Å²) in [6.45, 7) is 5.09. The molecule has 0 aliphatic heterocycles. The van der Waals surface area contributed by atoms with Crippen molar-refractivity contribution in [1.82, 2.24) is 10.2 Å². The van der Waals surface area contributed by atoms with Gasteiger partial charge in [0.25, 0.3) is 0 Å². The molecular weight excluding hydrogens is 316 g/mol. The van der Waals surface area contributed by atoms with Gasteiger partial charge in [-0.3, -0.25) is 0 Å². The maximum absolute atomic E-state index is 5.70. The fourth-order valence-electron chi connectivity index (χ4n) is 2.37. The van der Waals surface area contributed by atoms with Gasteiger partial charge in [0.2, 0.25) is 0 Å². The van der Waals surface area contributed by atoms with Crippen LogP contribution in [0, 0.1) is 0 Å². The Bertz CT molecular complexity index is 763. The number of ether oxygens (including phenoxy) is 1. The summed E-state index contributed by atoms with van der Waals surface area (Å²) in [5, 5.41) is 10.6. The van der Waals surface area contributed by atoms with Gasteiger partial charge in [0.15, 0.2) is 0 Å². The number of benzene rings is 2. The minimum Gasteiger partial charge on any atom is -0.494 e. The summed E-state index contributed by atoms with van der Waals surface area (Å²) in [6.07, 6.45) is 3.28. The summed E-state index contributed by atoms with van der Waals surface area (Å²) < 4.78 is 5.70. The third-order valence-electron chi connectivity index (χ3n) is 3.90. The number of aromatic nitrogens is 2. The SMILES string of the molecule is CCCCOc1ccc(-c2nnc(-c3ccc(CC)cc3)s2)cc1. The molecule has 3 nitrogen and oxygen atoms in total. The van der Waals surface area contributed by atoms with Crippen molar-refractivity contribution in [2.24, 2.45) is 0 Å². The van der Waals surface area contributed by atoms with Crippen molar-refractivity contribution < 1.29 is 4.74 Å². The molecule has 1 aromatic heterocycles. The Hall–Kier alpha value is -2.20. The Morgan fingerprint density at radius 2 is 1.42 bits per heavy atom. The monoisotopic (exact) mass is 338 g/mol. The molecule has 0 radical (unpaired) electrons. The lowest BCUT2D eigenvalue weighted by Crippen LogP contribution is -1.95. The van der Waals surface area contributed by atoms with Crippen LogP contribution in [-0.2, 0) is 6.42 Å². The molecule has 0 aliphatic carbocycles. The first kappa shape index (κ1) is 16.7. The van der Waals surface area contributed by atoms with Crippen LogP contribution in [0.15, 0.2) is 48.5 Å². The van der Waals surface area contributed by atoms with Crippen molar-refractivity contribution in [3.8, 4) is 26.9 Å². The van der Waals surface area contributed by atoms with Crippen LogP contribution >= 0.6 is 11.3 Å². The van der Waals surface area contributed by atoms with Crippen LogP contribution in [0.25, 0.3) is 21.1 Å². The van der Waals surface area contributed by atoms with Crippen molar-refractivity contribution in [2.75, 3.05) is 6.61 Å². The molecule has 4 heteroatoms. The van der Waals surface area contributed by atoms with Crippen molar-refractivity contribution in [3.63, 3.8) is 0 Å². The van der Waals surface area contributed by atoms with Gasteiger partial charge in [0, 0.05) is 11.1 Å². The summed E-state index contributed by atoms with van der Waals surface area (Å²) in [6, 6.07) is 16.6. The van der Waals surface area contributed by atoms with Gasteiger partial charge in [-0.1, -0.05) is 55.9 Å². The van der Waals surface area contributed by atoms with E-state index in [0.29, 0.717) is 0 Å². The number of hydrogen-bond donors (Lipinski definition) is 0. The van der Waals surface area contributed by atoms with Gasteiger partial charge in [-0.2, -0.15) is 0 Å². The van der Waals surface area contributed by atoms with Gasteiger partial charge in [0.1, 0.15) is 15.8 Å². The minimum atomic E-state index is 0.770. The van der Waals surface area contributed by atoms with Gasteiger partial charge >= 0.3 is 0 Å². The smallest absolute Gasteiger partial charge is 0.148 e. The van der Waals surface area contributed by atoms with E-state index in [1.165, 1.54) is 5.56 Å². The second kappa shape index (κ2) is 8.06. The molecule has 0 amide bonds. The lowest BCUT2D eigenvalue weighted by molar-refractivity contribution is 0.309. The van der Waals surface area contributed by atoms with E-state index in [1.54, 1.807) is 11.3 Å². The van der Waals surface area contributed by atoms with Crippen LogP contribution in [-0.4, -0.2) is 16.8 Å². The Labute approximate surface area is 147 Å². The van der Waals surface area contributed by atoms with Gasteiger partial charge in [-0.05, 0) is 42.7 Å². The quantitative estimate of drug-likeness (QED) is 0.525. The average Bonchev–Trinajstić information content (AvgIpc) is 3.13. The normalized spacial score (nSPS) is 10.8. The second-order valence-corrected chi connectivity index (χ2v) is 6.67. The molecule has 124 valence electrons. The highest BCUT2D eigenvalue weighted by molar-refractivity contribution is 7.17. The van der Waals surface area contributed by atoms with E-state index in [-0.39, 0.29) is 0 Å². The fourth-order valence-corrected chi connectivity index (χ4v) is 3.22. The van der Waals surface area contributed by atoms with Crippen molar-refractivity contribution in [3.05, 3.63) is 54.1 Å². The Morgan fingerprint density at radius 1 is 0.833 bits per heavy atom. The molecule has 3 aromatic rings. The maximum Gasteiger partial charge on any atom is 0.148 e. The topological polar surface area (TPSA) is 35.0 Å². The summed E-state index contributed by atoms with van der Waals surface area (Å²) in [4.78, 5) is 0. The highest BCUT2D eigenvalue weighted by atomic mass is 32.1. The van der Waals surface area contributed by atoms with E-state index < -0.39 is 0 Å². The molecule has 0 atom stereocenters. The number of aryl methyl sites for hydroxylation is 1. The maximum atomic E-state index is 5.70. The van der Waals surface area contributed by atoms with E-state index in [0.717, 1.165) is 52.8 Å².